The van der Waals surface area contributed by atoms with Crippen molar-refractivity contribution >= 4 is 17.7 Å². The van der Waals surface area contributed by atoms with Crippen LogP contribution in [-0.2, 0) is 19.1 Å². The summed E-state index contributed by atoms with van der Waals surface area (Å²) in [4.78, 5) is 39.8. The van der Waals surface area contributed by atoms with Crippen molar-refractivity contribution in [2.75, 3.05) is 6.61 Å². The van der Waals surface area contributed by atoms with Crippen LogP contribution in [0.25, 0.3) is 0 Å². The number of hydrogen-bond donors (Lipinski definition) is 7. The van der Waals surface area contributed by atoms with Crippen molar-refractivity contribution in [1.82, 2.24) is 5.32 Å². The van der Waals surface area contributed by atoms with Gasteiger partial charge in [0.05, 0.1) is 24.6 Å². The van der Waals surface area contributed by atoms with Crippen LogP contribution in [0.15, 0.2) is 91.0 Å². The normalized spacial score (nSPS) is 16.2. The standard InChI is InChI=1S/C34H43N3O8/c1-20(2)18-24(35)33(43)37-25(19-38)28(39)30(41)31(42)29(40)26(21-12-6-3-7-13-21)27(36)34(44)45-32(22-14-8-4-9-15-22)23-16-10-5-11-17-23/h3-17,20,24-28,30-32,38-39,41-42H,18-19,35-36H2,1-2H3,(H,37,43)/t24-,25-,26?,27-,28+,30+,31+/m0/s1. The van der Waals surface area contributed by atoms with Crippen LogP contribution in [0.2, 0.25) is 0 Å². The maximum Gasteiger partial charge on any atom is 0.324 e. The first-order valence-electron chi connectivity index (χ1n) is 14.8. The number of amides is 1. The van der Waals surface area contributed by atoms with Crippen molar-refractivity contribution in [3.63, 3.8) is 0 Å². The molecule has 0 heterocycles. The van der Waals surface area contributed by atoms with Crippen molar-refractivity contribution in [2.45, 2.75) is 68.7 Å². The summed E-state index contributed by atoms with van der Waals surface area (Å²) in [6.45, 7) is 2.91. The van der Waals surface area contributed by atoms with Crippen molar-refractivity contribution < 1.29 is 39.5 Å². The number of ether oxygens (including phenoxy) is 1. The lowest BCUT2D eigenvalue weighted by molar-refractivity contribution is -0.154. The molecule has 3 rings (SSSR count). The van der Waals surface area contributed by atoms with Gasteiger partial charge in [0.1, 0.15) is 24.4 Å². The Labute approximate surface area is 262 Å². The SMILES string of the molecule is CC(C)C[C@H](N)C(=O)N[C@@H](CO)[C@@H](O)[C@@H](O)[C@H](O)C(=O)C(c1ccccc1)[C@H](N)C(=O)OC(c1ccccc1)c1ccccc1. The zero-order valence-electron chi connectivity index (χ0n) is 25.3. The van der Waals surface area contributed by atoms with E-state index in [4.69, 9.17) is 16.2 Å². The van der Waals surface area contributed by atoms with Crippen LogP contribution in [0.4, 0.5) is 0 Å². The Hall–Kier alpha value is -3.97. The first-order chi connectivity index (χ1) is 21.5. The molecule has 0 fully saturated rings. The van der Waals surface area contributed by atoms with Crippen molar-refractivity contribution in [3.8, 4) is 0 Å². The monoisotopic (exact) mass is 621 g/mol. The van der Waals surface area contributed by atoms with Gasteiger partial charge in [0, 0.05) is 0 Å². The summed E-state index contributed by atoms with van der Waals surface area (Å²) in [5.41, 5.74) is 13.8. The Kier molecular flexibility index (Phi) is 13.4. The van der Waals surface area contributed by atoms with Crippen LogP contribution in [0, 0.1) is 5.92 Å². The minimum absolute atomic E-state index is 0.0924. The second-order valence-electron chi connectivity index (χ2n) is 11.4. The van der Waals surface area contributed by atoms with E-state index in [1.165, 1.54) is 12.1 Å². The summed E-state index contributed by atoms with van der Waals surface area (Å²) in [5.74, 6) is -4.11. The smallest absolute Gasteiger partial charge is 0.324 e. The van der Waals surface area contributed by atoms with Gasteiger partial charge in [-0.05, 0) is 29.0 Å². The second kappa shape index (κ2) is 16.9. The number of benzene rings is 3. The summed E-state index contributed by atoms with van der Waals surface area (Å²) in [7, 11) is 0. The van der Waals surface area contributed by atoms with E-state index in [9.17, 15) is 34.8 Å². The van der Waals surface area contributed by atoms with Crippen LogP contribution < -0.4 is 16.8 Å². The van der Waals surface area contributed by atoms with E-state index in [1.54, 1.807) is 66.7 Å². The minimum atomic E-state index is -2.27. The molecule has 0 saturated heterocycles. The zero-order chi connectivity index (χ0) is 33.1. The van der Waals surface area contributed by atoms with Gasteiger partial charge in [0.15, 0.2) is 11.9 Å². The molecule has 45 heavy (non-hydrogen) atoms. The van der Waals surface area contributed by atoms with Crippen LogP contribution >= 0.6 is 0 Å². The Balaban J connectivity index is 1.85. The number of aliphatic hydroxyl groups excluding tert-OH is 4. The van der Waals surface area contributed by atoms with Crippen LogP contribution in [0.3, 0.4) is 0 Å². The molecular weight excluding hydrogens is 578 g/mol. The van der Waals surface area contributed by atoms with Crippen LogP contribution in [0.5, 0.6) is 0 Å². The third kappa shape index (κ3) is 9.51. The number of nitrogens with two attached hydrogens (primary N) is 2. The fraction of sp³-hybridized carbons (Fsp3) is 0.382. The molecule has 1 amide bonds. The highest BCUT2D eigenvalue weighted by Gasteiger charge is 2.43. The predicted molar refractivity (Wildman–Crippen MR) is 167 cm³/mol. The maximum atomic E-state index is 13.7. The highest BCUT2D eigenvalue weighted by Crippen LogP contribution is 2.29. The molecule has 0 aliphatic heterocycles. The molecule has 0 bridgehead atoms. The molecule has 7 atom stereocenters. The number of rotatable bonds is 16. The number of nitrogens with one attached hydrogen (secondary N) is 1. The highest BCUT2D eigenvalue weighted by atomic mass is 16.5. The van der Waals surface area contributed by atoms with Gasteiger partial charge in [-0.25, -0.2) is 0 Å². The van der Waals surface area contributed by atoms with Gasteiger partial charge in [0.25, 0.3) is 0 Å². The Morgan fingerprint density at radius 2 is 1.22 bits per heavy atom. The number of hydrogen-bond acceptors (Lipinski definition) is 10. The van der Waals surface area contributed by atoms with Gasteiger partial charge >= 0.3 is 5.97 Å². The third-order valence-corrected chi connectivity index (χ3v) is 7.50. The molecule has 0 radical (unpaired) electrons. The molecule has 0 aromatic heterocycles. The molecule has 242 valence electrons. The van der Waals surface area contributed by atoms with E-state index >= 15 is 0 Å². The van der Waals surface area contributed by atoms with E-state index in [0.717, 1.165) is 0 Å². The fourth-order valence-electron chi connectivity index (χ4n) is 5.04. The average molecular weight is 622 g/mol. The highest BCUT2D eigenvalue weighted by molar-refractivity contribution is 5.95. The molecule has 9 N–H and O–H groups in total. The van der Waals surface area contributed by atoms with E-state index in [2.05, 4.69) is 5.32 Å². The first kappa shape index (κ1) is 35.5. The summed E-state index contributed by atoms with van der Waals surface area (Å²) in [5, 5.41) is 44.8. The Bertz CT molecular complexity index is 1320. The number of aliphatic hydroxyl groups is 4. The lowest BCUT2D eigenvalue weighted by Crippen LogP contribution is -2.58. The number of carbonyl (C=O) groups excluding carboxylic acids is 3. The second-order valence-corrected chi connectivity index (χ2v) is 11.4. The van der Waals surface area contributed by atoms with Crippen molar-refractivity contribution in [1.29, 1.82) is 0 Å². The summed E-state index contributed by atoms with van der Waals surface area (Å²) in [6.07, 6.45) is -6.95. The largest absolute Gasteiger partial charge is 0.451 e. The average Bonchev–Trinajstić information content (AvgIpc) is 3.05. The molecule has 1 unspecified atom stereocenters. The molecule has 3 aromatic carbocycles. The number of ketones is 1. The molecule has 0 spiro atoms. The molecule has 0 saturated carbocycles. The lowest BCUT2D eigenvalue weighted by atomic mass is 9.83. The molecule has 11 nitrogen and oxygen atoms in total. The van der Waals surface area contributed by atoms with Gasteiger partial charge in [-0.2, -0.15) is 0 Å². The van der Waals surface area contributed by atoms with E-state index < -0.39 is 72.7 Å². The van der Waals surface area contributed by atoms with Gasteiger partial charge in [0.2, 0.25) is 5.91 Å². The third-order valence-electron chi connectivity index (χ3n) is 7.50. The summed E-state index contributed by atoms with van der Waals surface area (Å²) < 4.78 is 5.87. The first-order valence-corrected chi connectivity index (χ1v) is 14.8. The fourth-order valence-corrected chi connectivity index (χ4v) is 5.04. The van der Waals surface area contributed by atoms with Gasteiger partial charge < -0.3 is 41.9 Å². The van der Waals surface area contributed by atoms with E-state index in [1.807, 2.05) is 26.0 Å². The molecule has 0 aliphatic carbocycles. The van der Waals surface area contributed by atoms with Gasteiger partial charge in [-0.1, -0.05) is 105 Å². The van der Waals surface area contributed by atoms with E-state index in [-0.39, 0.29) is 11.5 Å². The minimum Gasteiger partial charge on any atom is -0.451 e. The number of Topliss-reactive ketones (excluding diaryl/α,β-unsaturated/α-hetero) is 1. The Morgan fingerprint density at radius 3 is 1.67 bits per heavy atom. The summed E-state index contributed by atoms with van der Waals surface area (Å²) in [6, 6.07) is 21.9. The van der Waals surface area contributed by atoms with E-state index in [0.29, 0.717) is 17.5 Å². The number of carbonyl (C=O) groups is 3. The topological polar surface area (TPSA) is 205 Å². The lowest BCUT2D eigenvalue weighted by Gasteiger charge is -2.32. The molecule has 3 aromatic rings. The van der Waals surface area contributed by atoms with Gasteiger partial charge in [-0.3, -0.25) is 14.4 Å². The molecule has 0 aliphatic rings. The van der Waals surface area contributed by atoms with Crippen LogP contribution in [0.1, 0.15) is 49.0 Å². The predicted octanol–water partition coefficient (Wildman–Crippen LogP) is 0.933. The van der Waals surface area contributed by atoms with Crippen LogP contribution in [-0.4, -0.2) is 81.1 Å². The van der Waals surface area contributed by atoms with Gasteiger partial charge in [-0.15, -0.1) is 0 Å². The molecule has 11 heteroatoms. The summed E-state index contributed by atoms with van der Waals surface area (Å²) >= 11 is 0. The molecular formula is C34H43N3O8. The number of esters is 1. The van der Waals surface area contributed by atoms with Crippen molar-refractivity contribution in [2.24, 2.45) is 17.4 Å². The zero-order valence-corrected chi connectivity index (χ0v) is 25.3. The van der Waals surface area contributed by atoms with Crippen molar-refractivity contribution in [3.05, 3.63) is 108 Å². The Morgan fingerprint density at radius 1 is 0.756 bits per heavy atom. The quantitative estimate of drug-likeness (QED) is 0.113. The maximum absolute atomic E-state index is 13.7.